The number of aromatic nitrogens is 1. The molecule has 0 saturated carbocycles. The maximum Gasteiger partial charge on any atom is 0.281 e. The van der Waals surface area contributed by atoms with E-state index < -0.39 is 0 Å². The van der Waals surface area contributed by atoms with Crippen molar-refractivity contribution in [2.75, 3.05) is 0 Å². The van der Waals surface area contributed by atoms with Crippen LogP contribution in [0, 0.1) is 0 Å². The van der Waals surface area contributed by atoms with Gasteiger partial charge >= 0.3 is 0 Å². The van der Waals surface area contributed by atoms with Gasteiger partial charge in [0.2, 0.25) is 0 Å². The summed E-state index contributed by atoms with van der Waals surface area (Å²) in [6.45, 7) is 0.603. The summed E-state index contributed by atoms with van der Waals surface area (Å²) in [6.07, 6.45) is 3.66. The lowest BCUT2D eigenvalue weighted by molar-refractivity contribution is 0.0959. The van der Waals surface area contributed by atoms with Crippen molar-refractivity contribution in [3.63, 3.8) is 0 Å². The zero-order valence-electron chi connectivity index (χ0n) is 14.6. The Morgan fingerprint density at radius 1 is 1.14 bits per heavy atom. The third-order valence-electron chi connectivity index (χ3n) is 4.29. The average molecular weight is 428 g/mol. The van der Waals surface area contributed by atoms with Crippen molar-refractivity contribution in [3.8, 4) is 0 Å². The summed E-state index contributed by atoms with van der Waals surface area (Å²) in [7, 11) is 0. The summed E-state index contributed by atoms with van der Waals surface area (Å²) >= 11 is 13.7. The van der Waals surface area contributed by atoms with Crippen molar-refractivity contribution in [3.05, 3.63) is 92.2 Å². The van der Waals surface area contributed by atoms with Crippen LogP contribution >= 0.6 is 34.5 Å². The molecule has 1 N–H and O–H groups in total. The minimum atomic E-state index is -0.220. The lowest BCUT2D eigenvalue weighted by atomic mass is 10.2. The summed E-state index contributed by atoms with van der Waals surface area (Å²) in [5, 5.41) is 8.26. The topological polar surface area (TPSA) is 46.4 Å². The maximum atomic E-state index is 12.0. The standard InChI is InChI=1S/C21H15Cl2N3OS/c22-16-8-7-14(18(23)10-16)12-26-13-15(17-4-1-2-5-19(17)26)11-24-25-21(27)20-6-3-9-28-20/h1-11,13H,12H2,(H,25,27)/b24-11-. The first-order chi connectivity index (χ1) is 13.6. The fourth-order valence-electron chi connectivity index (χ4n) is 2.97. The van der Waals surface area contributed by atoms with Crippen LogP contribution < -0.4 is 5.43 Å². The summed E-state index contributed by atoms with van der Waals surface area (Å²) in [6, 6.07) is 17.1. The highest BCUT2D eigenvalue weighted by Gasteiger charge is 2.10. The molecular weight excluding hydrogens is 413 g/mol. The van der Waals surface area contributed by atoms with E-state index in [1.54, 1.807) is 18.3 Å². The molecule has 0 bridgehead atoms. The number of carbonyl (C=O) groups excluding carboxylic acids is 1. The Bertz CT molecular complexity index is 1170. The van der Waals surface area contributed by atoms with Gasteiger partial charge in [-0.25, -0.2) is 5.43 Å². The molecule has 28 heavy (non-hydrogen) atoms. The van der Waals surface area contributed by atoms with Crippen LogP contribution in [0.1, 0.15) is 20.8 Å². The first kappa shape index (κ1) is 18.7. The van der Waals surface area contributed by atoms with Crippen molar-refractivity contribution in [1.82, 2.24) is 9.99 Å². The largest absolute Gasteiger partial charge is 0.342 e. The van der Waals surface area contributed by atoms with E-state index in [2.05, 4.69) is 15.1 Å². The van der Waals surface area contributed by atoms with Crippen LogP contribution in [0.5, 0.6) is 0 Å². The molecule has 0 radical (unpaired) electrons. The normalized spacial score (nSPS) is 11.4. The SMILES string of the molecule is O=C(N/N=C\c1cn(Cc2ccc(Cl)cc2Cl)c2ccccc12)c1cccs1. The first-order valence-corrected chi connectivity index (χ1v) is 10.1. The van der Waals surface area contributed by atoms with Crippen LogP contribution in [-0.4, -0.2) is 16.7 Å². The fraction of sp³-hybridized carbons (Fsp3) is 0.0476. The summed E-state index contributed by atoms with van der Waals surface area (Å²) in [4.78, 5) is 12.6. The molecule has 7 heteroatoms. The molecule has 4 nitrogen and oxygen atoms in total. The highest BCUT2D eigenvalue weighted by Crippen LogP contribution is 2.25. The molecule has 0 saturated heterocycles. The van der Waals surface area contributed by atoms with E-state index in [0.29, 0.717) is 21.5 Å². The molecule has 0 unspecified atom stereocenters. The van der Waals surface area contributed by atoms with E-state index >= 15 is 0 Å². The number of carbonyl (C=O) groups is 1. The monoisotopic (exact) mass is 427 g/mol. The van der Waals surface area contributed by atoms with Gasteiger partial charge in [0.05, 0.1) is 11.1 Å². The fourth-order valence-corrected chi connectivity index (χ4v) is 4.05. The number of nitrogens with zero attached hydrogens (tertiary/aromatic N) is 2. The number of fused-ring (bicyclic) bond motifs is 1. The number of thiophene rings is 1. The van der Waals surface area contributed by atoms with E-state index in [9.17, 15) is 4.79 Å². The van der Waals surface area contributed by atoms with E-state index in [-0.39, 0.29) is 5.91 Å². The van der Waals surface area contributed by atoms with E-state index in [1.807, 2.05) is 54.0 Å². The zero-order valence-corrected chi connectivity index (χ0v) is 16.9. The Morgan fingerprint density at radius 2 is 2.00 bits per heavy atom. The molecule has 1 amide bonds. The smallest absolute Gasteiger partial charge is 0.281 e. The Balaban J connectivity index is 1.61. The Kier molecular flexibility index (Phi) is 5.48. The molecule has 0 aliphatic heterocycles. The van der Waals surface area contributed by atoms with Crippen LogP contribution in [-0.2, 0) is 6.54 Å². The van der Waals surface area contributed by atoms with Gasteiger partial charge in [-0.2, -0.15) is 5.10 Å². The number of benzene rings is 2. The maximum absolute atomic E-state index is 12.0. The molecule has 2 aromatic heterocycles. The third-order valence-corrected chi connectivity index (χ3v) is 5.75. The summed E-state index contributed by atoms with van der Waals surface area (Å²) in [5.41, 5.74) is 5.51. The van der Waals surface area contributed by atoms with E-state index in [0.717, 1.165) is 22.0 Å². The number of nitrogens with one attached hydrogen (secondary N) is 1. The molecule has 0 fully saturated rings. The molecule has 2 aromatic carbocycles. The van der Waals surface area contributed by atoms with Gasteiger partial charge in [0.15, 0.2) is 0 Å². The zero-order chi connectivity index (χ0) is 19.5. The molecule has 4 rings (SSSR count). The first-order valence-electron chi connectivity index (χ1n) is 8.50. The van der Waals surface area contributed by atoms with Crippen LogP contribution in [0.2, 0.25) is 10.0 Å². The second-order valence-electron chi connectivity index (χ2n) is 6.14. The number of hydrogen-bond donors (Lipinski definition) is 1. The van der Waals surface area contributed by atoms with Gasteiger partial charge in [-0.15, -0.1) is 11.3 Å². The molecule has 0 aliphatic carbocycles. The van der Waals surface area contributed by atoms with Gasteiger partial charge in [-0.3, -0.25) is 4.79 Å². The summed E-state index contributed by atoms with van der Waals surface area (Å²) < 4.78 is 2.10. The number of hydrazone groups is 1. The molecule has 2 heterocycles. The van der Waals surface area contributed by atoms with Crippen molar-refractivity contribution >= 4 is 57.6 Å². The Hall–Kier alpha value is -2.60. The Morgan fingerprint density at radius 3 is 2.79 bits per heavy atom. The molecular formula is C21H15Cl2N3OS. The van der Waals surface area contributed by atoms with Crippen LogP contribution in [0.25, 0.3) is 10.9 Å². The van der Waals surface area contributed by atoms with Crippen LogP contribution in [0.3, 0.4) is 0 Å². The molecule has 140 valence electrons. The van der Waals surface area contributed by atoms with Gasteiger partial charge in [-0.05, 0) is 35.2 Å². The second kappa shape index (κ2) is 8.19. The molecule has 4 aromatic rings. The predicted octanol–water partition coefficient (Wildman–Crippen LogP) is 5.82. The van der Waals surface area contributed by atoms with Crippen LogP contribution in [0.4, 0.5) is 0 Å². The summed E-state index contributed by atoms with van der Waals surface area (Å²) in [5.74, 6) is -0.220. The highest BCUT2D eigenvalue weighted by atomic mass is 35.5. The number of halogens is 2. The number of para-hydroxylation sites is 1. The van der Waals surface area contributed by atoms with Gasteiger partial charge in [0.25, 0.3) is 5.91 Å². The number of hydrogen-bond acceptors (Lipinski definition) is 3. The minimum Gasteiger partial charge on any atom is -0.342 e. The number of amides is 1. The second-order valence-corrected chi connectivity index (χ2v) is 7.93. The van der Waals surface area contributed by atoms with Gasteiger partial charge < -0.3 is 4.57 Å². The number of rotatable bonds is 5. The van der Waals surface area contributed by atoms with Gasteiger partial charge in [0, 0.05) is 39.3 Å². The van der Waals surface area contributed by atoms with E-state index in [4.69, 9.17) is 23.2 Å². The molecule has 0 atom stereocenters. The van der Waals surface area contributed by atoms with Gasteiger partial charge in [-0.1, -0.05) is 53.5 Å². The lowest BCUT2D eigenvalue weighted by Crippen LogP contribution is -2.16. The van der Waals surface area contributed by atoms with Crippen molar-refractivity contribution in [2.45, 2.75) is 6.54 Å². The average Bonchev–Trinajstić information content (AvgIpc) is 3.33. The predicted molar refractivity (Wildman–Crippen MR) is 117 cm³/mol. The third kappa shape index (κ3) is 3.97. The highest BCUT2D eigenvalue weighted by molar-refractivity contribution is 7.12. The van der Waals surface area contributed by atoms with Crippen molar-refractivity contribution in [2.24, 2.45) is 5.10 Å². The quantitative estimate of drug-likeness (QED) is 0.316. The van der Waals surface area contributed by atoms with E-state index in [1.165, 1.54) is 11.3 Å². The van der Waals surface area contributed by atoms with Crippen molar-refractivity contribution in [1.29, 1.82) is 0 Å². The van der Waals surface area contributed by atoms with Gasteiger partial charge in [0.1, 0.15) is 0 Å². The minimum absolute atomic E-state index is 0.220. The molecule has 0 aliphatic rings. The van der Waals surface area contributed by atoms with Crippen molar-refractivity contribution < 1.29 is 4.79 Å². The molecule has 0 spiro atoms. The van der Waals surface area contributed by atoms with Crippen LogP contribution in [0.15, 0.2) is 71.3 Å². The Labute approximate surface area is 176 Å². The lowest BCUT2D eigenvalue weighted by Gasteiger charge is -2.08.